The first-order valence-corrected chi connectivity index (χ1v) is 11.7. The maximum atomic E-state index is 12.7. The number of nitriles is 1. The van der Waals surface area contributed by atoms with Gasteiger partial charge in [0.25, 0.3) is 5.56 Å². The van der Waals surface area contributed by atoms with E-state index in [0.29, 0.717) is 5.16 Å². The van der Waals surface area contributed by atoms with E-state index < -0.39 is 5.54 Å². The van der Waals surface area contributed by atoms with Crippen LogP contribution < -0.4 is 5.56 Å². The lowest BCUT2D eigenvalue weighted by atomic mass is 9.81. The molecule has 2 heterocycles. The Hall–Kier alpha value is -1.85. The molecule has 1 amide bonds. The number of hydrogen-bond acceptors (Lipinski definition) is 6. The molecule has 2 aromatic heterocycles. The van der Waals surface area contributed by atoms with Gasteiger partial charge in [-0.3, -0.25) is 9.59 Å². The molecule has 2 aromatic rings. The second-order valence-electron chi connectivity index (χ2n) is 7.71. The molecule has 1 N–H and O–H groups in total. The minimum atomic E-state index is -0.687. The van der Waals surface area contributed by atoms with Gasteiger partial charge in [0.2, 0.25) is 5.91 Å². The number of amides is 1. The van der Waals surface area contributed by atoms with E-state index in [0.717, 1.165) is 61.6 Å². The number of aryl methyl sites for hydroxylation is 2. The van der Waals surface area contributed by atoms with Crippen LogP contribution in [0, 0.1) is 11.3 Å². The first-order valence-electron chi connectivity index (χ1n) is 9.89. The van der Waals surface area contributed by atoms with Crippen molar-refractivity contribution in [3.63, 3.8) is 0 Å². The number of aromatic amines is 1. The Morgan fingerprint density at radius 2 is 2.04 bits per heavy atom. The van der Waals surface area contributed by atoms with Crippen LogP contribution in [0.5, 0.6) is 0 Å². The molecule has 1 saturated carbocycles. The molecule has 0 radical (unpaired) electrons. The van der Waals surface area contributed by atoms with Gasteiger partial charge in [-0.05, 0) is 44.1 Å². The van der Waals surface area contributed by atoms with Gasteiger partial charge < -0.3 is 9.88 Å². The van der Waals surface area contributed by atoms with Crippen LogP contribution in [-0.4, -0.2) is 39.1 Å². The van der Waals surface area contributed by atoms with Crippen LogP contribution in [0.2, 0.25) is 0 Å². The summed E-state index contributed by atoms with van der Waals surface area (Å²) in [4.78, 5) is 36.5. The fourth-order valence-electron chi connectivity index (χ4n) is 4.34. The number of aromatic nitrogens is 2. The van der Waals surface area contributed by atoms with Gasteiger partial charge in [0.05, 0.1) is 17.2 Å². The zero-order valence-corrected chi connectivity index (χ0v) is 17.7. The third-order valence-electron chi connectivity index (χ3n) is 6.04. The standard InChI is InChI=1S/C20H24N4O2S2/c1-24(20(12-21)9-5-2-6-10-20)15(25)11-27-19-22-17(26)16-13-7-3-4-8-14(13)28-18(16)23-19/h2-11H2,1H3,(H,22,23,26). The molecule has 0 aliphatic heterocycles. The minimum absolute atomic E-state index is 0.0957. The van der Waals surface area contributed by atoms with Crippen LogP contribution in [0.4, 0.5) is 0 Å². The Morgan fingerprint density at radius 1 is 1.29 bits per heavy atom. The number of hydrogen-bond donors (Lipinski definition) is 1. The van der Waals surface area contributed by atoms with Crippen molar-refractivity contribution < 1.29 is 4.79 Å². The Kier molecular flexibility index (Phi) is 5.48. The molecular formula is C20H24N4O2S2. The molecule has 0 unspecified atom stereocenters. The van der Waals surface area contributed by atoms with Gasteiger partial charge in [0, 0.05) is 11.9 Å². The summed E-state index contributed by atoms with van der Waals surface area (Å²) in [5.41, 5.74) is 0.377. The van der Waals surface area contributed by atoms with E-state index in [1.165, 1.54) is 28.6 Å². The Bertz CT molecular complexity index is 998. The van der Waals surface area contributed by atoms with Crippen molar-refractivity contribution >= 4 is 39.2 Å². The summed E-state index contributed by atoms with van der Waals surface area (Å²) in [6, 6.07) is 2.38. The molecule has 0 aromatic carbocycles. The van der Waals surface area contributed by atoms with E-state index in [-0.39, 0.29) is 17.2 Å². The fraction of sp³-hybridized carbons (Fsp3) is 0.600. The molecule has 0 atom stereocenters. The smallest absolute Gasteiger partial charge is 0.260 e. The quantitative estimate of drug-likeness (QED) is 0.607. The maximum absolute atomic E-state index is 12.7. The lowest BCUT2D eigenvalue weighted by Gasteiger charge is -2.39. The third-order valence-corrected chi connectivity index (χ3v) is 8.08. The van der Waals surface area contributed by atoms with Gasteiger partial charge in [-0.1, -0.05) is 31.0 Å². The van der Waals surface area contributed by atoms with Crippen molar-refractivity contribution in [3.8, 4) is 6.07 Å². The molecule has 4 rings (SSSR count). The van der Waals surface area contributed by atoms with E-state index in [4.69, 9.17) is 0 Å². The minimum Gasteiger partial charge on any atom is -0.326 e. The average molecular weight is 417 g/mol. The second kappa shape index (κ2) is 7.88. The molecule has 1 fully saturated rings. The van der Waals surface area contributed by atoms with Crippen LogP contribution in [0.15, 0.2) is 9.95 Å². The lowest BCUT2D eigenvalue weighted by Crippen LogP contribution is -2.50. The zero-order valence-electron chi connectivity index (χ0n) is 16.0. The summed E-state index contributed by atoms with van der Waals surface area (Å²) in [6.45, 7) is 0. The highest BCUT2D eigenvalue weighted by Crippen LogP contribution is 2.35. The number of rotatable bonds is 4. The van der Waals surface area contributed by atoms with Crippen LogP contribution >= 0.6 is 23.1 Å². The summed E-state index contributed by atoms with van der Waals surface area (Å²) in [6.07, 6.45) is 8.81. The molecule has 0 saturated heterocycles. The van der Waals surface area contributed by atoms with Crippen LogP contribution in [-0.2, 0) is 17.6 Å². The first-order chi connectivity index (χ1) is 13.5. The average Bonchev–Trinajstić information content (AvgIpc) is 3.10. The monoisotopic (exact) mass is 416 g/mol. The van der Waals surface area contributed by atoms with Crippen LogP contribution in [0.1, 0.15) is 55.4 Å². The molecule has 2 aliphatic rings. The van der Waals surface area contributed by atoms with Gasteiger partial charge in [0.15, 0.2) is 5.16 Å². The highest BCUT2D eigenvalue weighted by Gasteiger charge is 2.38. The summed E-state index contributed by atoms with van der Waals surface area (Å²) in [5, 5.41) is 10.9. The Balaban J connectivity index is 1.50. The fourth-order valence-corrected chi connectivity index (χ4v) is 6.43. The van der Waals surface area contributed by atoms with E-state index in [1.807, 2.05) is 0 Å². The Morgan fingerprint density at radius 3 is 2.79 bits per heavy atom. The molecular weight excluding hydrogens is 392 g/mol. The summed E-state index contributed by atoms with van der Waals surface area (Å²) >= 11 is 2.86. The van der Waals surface area contributed by atoms with Gasteiger partial charge in [-0.15, -0.1) is 11.3 Å². The number of nitrogens with one attached hydrogen (secondary N) is 1. The largest absolute Gasteiger partial charge is 0.326 e. The molecule has 0 bridgehead atoms. The second-order valence-corrected chi connectivity index (χ2v) is 9.76. The molecule has 2 aliphatic carbocycles. The van der Waals surface area contributed by atoms with E-state index >= 15 is 0 Å². The third kappa shape index (κ3) is 3.46. The topological polar surface area (TPSA) is 89.8 Å². The molecule has 0 spiro atoms. The van der Waals surface area contributed by atoms with Crippen molar-refractivity contribution in [3.05, 3.63) is 20.8 Å². The van der Waals surface area contributed by atoms with Crippen LogP contribution in [0.25, 0.3) is 10.2 Å². The number of carbonyl (C=O) groups is 1. The molecule has 28 heavy (non-hydrogen) atoms. The maximum Gasteiger partial charge on any atom is 0.260 e. The predicted octanol–water partition coefficient (Wildman–Crippen LogP) is 3.64. The zero-order chi connectivity index (χ0) is 19.7. The number of carbonyl (C=O) groups excluding carboxylic acids is 1. The number of nitrogens with zero attached hydrogens (tertiary/aromatic N) is 3. The first kappa shape index (κ1) is 19.5. The van der Waals surface area contributed by atoms with Gasteiger partial charge in [-0.2, -0.15) is 5.26 Å². The summed E-state index contributed by atoms with van der Waals surface area (Å²) in [5.74, 6) is 0.0705. The summed E-state index contributed by atoms with van der Waals surface area (Å²) < 4.78 is 0. The highest BCUT2D eigenvalue weighted by atomic mass is 32.2. The Labute approximate surface area is 172 Å². The van der Waals surface area contributed by atoms with Gasteiger partial charge >= 0.3 is 0 Å². The van der Waals surface area contributed by atoms with Crippen molar-refractivity contribution in [2.24, 2.45) is 0 Å². The number of fused-ring (bicyclic) bond motifs is 3. The number of thioether (sulfide) groups is 1. The van der Waals surface area contributed by atoms with Crippen molar-refractivity contribution in [1.29, 1.82) is 5.26 Å². The molecule has 148 valence electrons. The van der Waals surface area contributed by atoms with Crippen molar-refractivity contribution in [2.45, 2.75) is 68.5 Å². The van der Waals surface area contributed by atoms with Gasteiger partial charge in [0.1, 0.15) is 10.4 Å². The molecule has 8 heteroatoms. The van der Waals surface area contributed by atoms with Crippen LogP contribution in [0.3, 0.4) is 0 Å². The van der Waals surface area contributed by atoms with E-state index in [2.05, 4.69) is 16.0 Å². The van der Waals surface area contributed by atoms with E-state index in [1.54, 1.807) is 23.3 Å². The summed E-state index contributed by atoms with van der Waals surface area (Å²) in [7, 11) is 1.73. The lowest BCUT2D eigenvalue weighted by molar-refractivity contribution is -0.131. The highest BCUT2D eigenvalue weighted by molar-refractivity contribution is 7.99. The van der Waals surface area contributed by atoms with Gasteiger partial charge in [-0.25, -0.2) is 4.98 Å². The number of H-pyrrole nitrogens is 1. The molecule has 6 nitrogen and oxygen atoms in total. The van der Waals surface area contributed by atoms with Crippen molar-refractivity contribution in [1.82, 2.24) is 14.9 Å². The van der Waals surface area contributed by atoms with Crippen molar-refractivity contribution in [2.75, 3.05) is 12.8 Å². The SMILES string of the molecule is CN(C(=O)CSc1nc2sc3c(c2c(=O)[nH]1)CCCC3)C1(C#N)CCCCC1. The normalized spacial score (nSPS) is 18.4. The predicted molar refractivity (Wildman–Crippen MR) is 112 cm³/mol. The van der Waals surface area contributed by atoms with E-state index in [9.17, 15) is 14.9 Å². The number of thiophene rings is 1.